The van der Waals surface area contributed by atoms with E-state index in [1.165, 1.54) is 11.5 Å². The largest absolute Gasteiger partial charge is 0.382 e. The lowest BCUT2D eigenvalue weighted by molar-refractivity contribution is 0.563. The molecule has 21 heavy (non-hydrogen) atoms. The van der Waals surface area contributed by atoms with E-state index in [2.05, 4.69) is 29.0 Å². The summed E-state index contributed by atoms with van der Waals surface area (Å²) in [5.74, 6) is 1.51. The van der Waals surface area contributed by atoms with E-state index in [-0.39, 0.29) is 0 Å². The van der Waals surface area contributed by atoms with E-state index in [4.69, 9.17) is 5.73 Å². The number of nitrogens with two attached hydrogens (primary N) is 1. The molecule has 0 amide bonds. The monoisotopic (exact) mass is 299 g/mol. The fourth-order valence-electron chi connectivity index (χ4n) is 2.53. The predicted octanol–water partition coefficient (Wildman–Crippen LogP) is 1.40. The maximum absolute atomic E-state index is 6.07. The molecule has 2 N–H and O–H groups in total. The third kappa shape index (κ3) is 2.04. The van der Waals surface area contributed by atoms with Crippen molar-refractivity contribution in [2.24, 2.45) is 0 Å². The Morgan fingerprint density at radius 2 is 2.24 bits per heavy atom. The average molecular weight is 299 g/mol. The van der Waals surface area contributed by atoms with Gasteiger partial charge < -0.3 is 15.2 Å². The molecule has 0 bridgehead atoms. The molecule has 0 spiro atoms. The van der Waals surface area contributed by atoms with Crippen LogP contribution in [0.15, 0.2) is 30.9 Å². The molecule has 0 saturated carbocycles. The molecule has 0 unspecified atom stereocenters. The highest BCUT2D eigenvalue weighted by molar-refractivity contribution is 7.11. The summed E-state index contributed by atoms with van der Waals surface area (Å²) in [6.07, 6.45) is 5.34. The van der Waals surface area contributed by atoms with Crippen LogP contribution in [0.25, 0.3) is 11.1 Å². The Morgan fingerprint density at radius 3 is 3.10 bits per heavy atom. The van der Waals surface area contributed by atoms with Crippen molar-refractivity contribution >= 4 is 22.4 Å². The van der Waals surface area contributed by atoms with E-state index in [1.807, 2.05) is 18.3 Å². The Kier molecular flexibility index (Phi) is 2.81. The molecule has 0 atom stereocenters. The molecular formula is C13H13N7S. The summed E-state index contributed by atoms with van der Waals surface area (Å²) < 4.78 is 6.39. The number of nitrogen functional groups attached to an aromatic ring is 1. The Hall–Kier alpha value is -2.48. The summed E-state index contributed by atoms with van der Waals surface area (Å²) in [6.45, 7) is 2.47. The lowest BCUT2D eigenvalue weighted by atomic mass is 10.1. The zero-order valence-corrected chi connectivity index (χ0v) is 12.0. The van der Waals surface area contributed by atoms with Crippen molar-refractivity contribution in [3.8, 4) is 11.1 Å². The van der Waals surface area contributed by atoms with Crippen molar-refractivity contribution in [3.05, 3.63) is 36.7 Å². The highest BCUT2D eigenvalue weighted by Gasteiger charge is 2.24. The number of anilines is 2. The van der Waals surface area contributed by atoms with E-state index in [9.17, 15) is 0 Å². The number of rotatable bonds is 2. The molecule has 0 saturated heterocycles. The van der Waals surface area contributed by atoms with Gasteiger partial charge in [0.1, 0.15) is 17.1 Å². The van der Waals surface area contributed by atoms with Crippen LogP contribution in [0.1, 0.15) is 5.82 Å². The number of hydrogen-bond donors (Lipinski definition) is 1. The predicted molar refractivity (Wildman–Crippen MR) is 80.8 cm³/mol. The fraction of sp³-hybridized carbons (Fsp3) is 0.231. The fourth-order valence-corrected chi connectivity index (χ4v) is 3.39. The number of pyridine rings is 1. The minimum atomic E-state index is 0.551. The van der Waals surface area contributed by atoms with E-state index in [1.54, 1.807) is 12.5 Å². The topological polar surface area (TPSA) is 85.8 Å². The van der Waals surface area contributed by atoms with E-state index < -0.39 is 0 Å². The number of fused-ring (bicyclic) bond motifs is 1. The molecule has 1 aliphatic rings. The molecule has 8 heteroatoms. The average Bonchev–Trinajstić information content (AvgIpc) is 3.13. The van der Waals surface area contributed by atoms with E-state index in [0.717, 1.165) is 41.6 Å². The quantitative estimate of drug-likeness (QED) is 0.770. The first-order valence-corrected chi connectivity index (χ1v) is 7.37. The smallest absolute Gasteiger partial charge is 0.152 e. The van der Waals surface area contributed by atoms with Gasteiger partial charge in [-0.05, 0) is 17.6 Å². The van der Waals surface area contributed by atoms with Gasteiger partial charge in [-0.15, -0.1) is 10.2 Å². The van der Waals surface area contributed by atoms with Crippen molar-refractivity contribution in [1.82, 2.24) is 24.1 Å². The van der Waals surface area contributed by atoms with Crippen LogP contribution in [0, 0.1) is 0 Å². The van der Waals surface area contributed by atoms with Crippen LogP contribution in [-0.2, 0) is 13.1 Å². The van der Waals surface area contributed by atoms with Crippen LogP contribution >= 0.6 is 11.5 Å². The first kappa shape index (κ1) is 12.3. The van der Waals surface area contributed by atoms with Gasteiger partial charge in [-0.25, -0.2) is 0 Å². The minimum absolute atomic E-state index is 0.551. The van der Waals surface area contributed by atoms with Crippen molar-refractivity contribution in [1.29, 1.82) is 0 Å². The van der Waals surface area contributed by atoms with Crippen molar-refractivity contribution in [2.75, 3.05) is 17.2 Å². The third-order valence-electron chi connectivity index (χ3n) is 3.58. The maximum Gasteiger partial charge on any atom is 0.152 e. The Balaban J connectivity index is 1.74. The lowest BCUT2D eigenvalue weighted by Gasteiger charge is -2.28. The zero-order valence-electron chi connectivity index (χ0n) is 11.2. The van der Waals surface area contributed by atoms with Gasteiger partial charge in [0, 0.05) is 31.0 Å². The third-order valence-corrected chi connectivity index (χ3v) is 4.50. The van der Waals surface area contributed by atoms with Gasteiger partial charge in [-0.1, -0.05) is 6.07 Å². The van der Waals surface area contributed by atoms with Gasteiger partial charge in [0.25, 0.3) is 0 Å². The molecule has 3 aromatic heterocycles. The number of aromatic nitrogens is 5. The van der Waals surface area contributed by atoms with Crippen LogP contribution in [0.4, 0.5) is 10.8 Å². The number of nitrogens with zero attached hydrogens (tertiary/aromatic N) is 6. The van der Waals surface area contributed by atoms with Crippen LogP contribution in [0.3, 0.4) is 0 Å². The van der Waals surface area contributed by atoms with Gasteiger partial charge >= 0.3 is 0 Å². The molecule has 0 radical (unpaired) electrons. The second kappa shape index (κ2) is 4.81. The highest BCUT2D eigenvalue weighted by atomic mass is 32.1. The molecule has 7 nitrogen and oxygen atoms in total. The van der Waals surface area contributed by atoms with Crippen molar-refractivity contribution in [3.63, 3.8) is 0 Å². The van der Waals surface area contributed by atoms with Gasteiger partial charge in [0.15, 0.2) is 5.82 Å². The molecule has 1 aliphatic heterocycles. The SMILES string of the molecule is Nc1nsc(N2CCn3cnnc3C2)c1-c1cccnc1. The summed E-state index contributed by atoms with van der Waals surface area (Å²) in [4.78, 5) is 6.42. The molecule has 0 fully saturated rings. The normalized spacial score (nSPS) is 14.2. The molecular weight excluding hydrogens is 286 g/mol. The Labute approximate surface area is 125 Å². The number of hydrogen-bond acceptors (Lipinski definition) is 7. The Bertz CT molecular complexity index is 764. The first-order chi connectivity index (χ1) is 10.3. The van der Waals surface area contributed by atoms with Crippen LogP contribution in [0.5, 0.6) is 0 Å². The molecule has 4 heterocycles. The molecule has 106 valence electrons. The summed E-state index contributed by atoms with van der Waals surface area (Å²) in [6, 6.07) is 3.91. The zero-order chi connectivity index (χ0) is 14.2. The molecule has 0 aliphatic carbocycles. The second-order valence-electron chi connectivity index (χ2n) is 4.85. The van der Waals surface area contributed by atoms with Gasteiger partial charge in [0.2, 0.25) is 0 Å². The summed E-state index contributed by atoms with van der Waals surface area (Å²) >= 11 is 1.42. The van der Waals surface area contributed by atoms with Crippen LogP contribution in [0.2, 0.25) is 0 Å². The second-order valence-corrected chi connectivity index (χ2v) is 5.60. The summed E-state index contributed by atoms with van der Waals surface area (Å²) in [7, 11) is 0. The maximum atomic E-state index is 6.07. The summed E-state index contributed by atoms with van der Waals surface area (Å²) in [5.41, 5.74) is 8.02. The molecule has 3 aromatic rings. The molecule has 0 aromatic carbocycles. The lowest BCUT2D eigenvalue weighted by Crippen LogP contribution is -2.33. The van der Waals surface area contributed by atoms with Gasteiger partial charge in [-0.3, -0.25) is 4.98 Å². The van der Waals surface area contributed by atoms with Crippen LogP contribution in [-0.4, -0.2) is 30.7 Å². The highest BCUT2D eigenvalue weighted by Crippen LogP contribution is 2.39. The minimum Gasteiger partial charge on any atom is -0.382 e. The standard InChI is InChI=1S/C13H13N7S/c14-12-11(9-2-1-3-15-6-9)13(21-18-12)19-4-5-20-8-16-17-10(20)7-19/h1-3,6,8H,4-5,7H2,(H2,14,18). The van der Waals surface area contributed by atoms with Gasteiger partial charge in [0.05, 0.1) is 12.1 Å². The van der Waals surface area contributed by atoms with Crippen LogP contribution < -0.4 is 10.6 Å². The van der Waals surface area contributed by atoms with Crippen molar-refractivity contribution in [2.45, 2.75) is 13.1 Å². The van der Waals surface area contributed by atoms with E-state index >= 15 is 0 Å². The van der Waals surface area contributed by atoms with E-state index in [0.29, 0.717) is 5.82 Å². The Morgan fingerprint density at radius 1 is 1.29 bits per heavy atom. The summed E-state index contributed by atoms with van der Waals surface area (Å²) in [5, 5.41) is 9.18. The van der Waals surface area contributed by atoms with Crippen molar-refractivity contribution < 1.29 is 0 Å². The first-order valence-electron chi connectivity index (χ1n) is 6.60. The molecule has 4 rings (SSSR count). The van der Waals surface area contributed by atoms with Gasteiger partial charge in [-0.2, -0.15) is 4.37 Å².